The molecule has 1 heterocycles. The summed E-state index contributed by atoms with van der Waals surface area (Å²) in [4.78, 5) is 4.59. The van der Waals surface area contributed by atoms with E-state index in [-0.39, 0.29) is 36.8 Å². The van der Waals surface area contributed by atoms with Gasteiger partial charge < -0.3 is 24.8 Å². The van der Waals surface area contributed by atoms with Crippen LogP contribution in [0.4, 0.5) is 0 Å². The van der Waals surface area contributed by atoms with E-state index in [1.807, 2.05) is 26.0 Å². The minimum Gasteiger partial charge on any atom is -0.454 e. The summed E-state index contributed by atoms with van der Waals surface area (Å²) in [7, 11) is 1.69. The van der Waals surface area contributed by atoms with E-state index < -0.39 is 0 Å². The number of nitrogens with one attached hydrogen (secondary N) is 2. The molecule has 0 fully saturated rings. The first-order valence-corrected chi connectivity index (χ1v) is 8.05. The molecule has 0 spiro atoms. The number of rotatable bonds is 6. The quantitative estimate of drug-likeness (QED) is 0.358. The van der Waals surface area contributed by atoms with E-state index in [1.165, 1.54) is 0 Å². The van der Waals surface area contributed by atoms with Crippen LogP contribution < -0.4 is 20.1 Å². The van der Waals surface area contributed by atoms with Gasteiger partial charge in [0.2, 0.25) is 6.79 Å². The van der Waals surface area contributed by atoms with Crippen molar-refractivity contribution in [1.82, 2.24) is 10.6 Å². The van der Waals surface area contributed by atoms with Crippen molar-refractivity contribution in [1.29, 1.82) is 0 Å². The van der Waals surface area contributed by atoms with E-state index >= 15 is 0 Å². The highest BCUT2D eigenvalue weighted by Crippen LogP contribution is 2.40. The lowest BCUT2D eigenvalue weighted by atomic mass is 10.2. The number of nitrogens with zero attached hydrogens (tertiary/aromatic N) is 1. The number of hydrogen-bond donors (Lipinski definition) is 2. The SMILES string of the molecule is CCNC(=NCc1cc(Br)c2c(c1)OCO2)NC(C)COC.I. The Bertz CT molecular complexity index is 543. The zero-order valence-corrected chi connectivity index (χ0v) is 17.4. The summed E-state index contributed by atoms with van der Waals surface area (Å²) in [5.74, 6) is 2.28. The predicted molar refractivity (Wildman–Crippen MR) is 105 cm³/mol. The van der Waals surface area contributed by atoms with Gasteiger partial charge in [-0.15, -0.1) is 24.0 Å². The number of guanidine groups is 1. The van der Waals surface area contributed by atoms with Crippen LogP contribution in [0.3, 0.4) is 0 Å². The Hall–Kier alpha value is -0.740. The number of hydrogen-bond acceptors (Lipinski definition) is 4. The first kappa shape index (κ1) is 20.3. The minimum atomic E-state index is 0. The van der Waals surface area contributed by atoms with Crippen molar-refractivity contribution in [2.24, 2.45) is 4.99 Å². The molecular formula is C15H23BrIN3O3. The fourth-order valence-electron chi connectivity index (χ4n) is 2.13. The Labute approximate surface area is 162 Å². The lowest BCUT2D eigenvalue weighted by Crippen LogP contribution is -2.43. The highest BCUT2D eigenvalue weighted by Gasteiger charge is 2.17. The Kier molecular flexibility index (Phi) is 9.00. The van der Waals surface area contributed by atoms with Crippen molar-refractivity contribution < 1.29 is 14.2 Å². The number of halogens is 2. The summed E-state index contributed by atoms with van der Waals surface area (Å²) in [5.41, 5.74) is 1.05. The molecule has 0 saturated carbocycles. The van der Waals surface area contributed by atoms with Gasteiger partial charge in [0.1, 0.15) is 0 Å². The van der Waals surface area contributed by atoms with Gasteiger partial charge in [-0.25, -0.2) is 4.99 Å². The Morgan fingerprint density at radius 1 is 1.43 bits per heavy atom. The first-order chi connectivity index (χ1) is 10.6. The van der Waals surface area contributed by atoms with Crippen molar-refractivity contribution in [2.45, 2.75) is 26.4 Å². The molecule has 0 amide bonds. The standard InChI is InChI=1S/C15H22BrN3O3.HI/c1-4-17-15(19-10(2)8-20-3)18-7-11-5-12(16)14-13(6-11)21-9-22-14;/h5-6,10H,4,7-9H2,1-3H3,(H2,17,18,19);1H. The predicted octanol–water partition coefficient (Wildman–Crippen LogP) is 2.89. The van der Waals surface area contributed by atoms with Crippen LogP contribution in [0.25, 0.3) is 0 Å². The van der Waals surface area contributed by atoms with Crippen LogP contribution in [-0.4, -0.2) is 39.1 Å². The van der Waals surface area contributed by atoms with Gasteiger partial charge in [-0.2, -0.15) is 0 Å². The molecule has 0 saturated heterocycles. The maximum atomic E-state index is 5.42. The van der Waals surface area contributed by atoms with Crippen LogP contribution in [0, 0.1) is 0 Å². The van der Waals surface area contributed by atoms with Crippen molar-refractivity contribution in [2.75, 3.05) is 27.1 Å². The minimum absolute atomic E-state index is 0. The third-order valence-electron chi connectivity index (χ3n) is 3.05. The number of aliphatic imine (C=N–C) groups is 1. The van der Waals surface area contributed by atoms with Crippen molar-refractivity contribution in [3.63, 3.8) is 0 Å². The van der Waals surface area contributed by atoms with Gasteiger partial charge in [-0.3, -0.25) is 0 Å². The topological polar surface area (TPSA) is 64.1 Å². The Morgan fingerprint density at radius 2 is 2.22 bits per heavy atom. The summed E-state index contributed by atoms with van der Waals surface area (Å²) < 4.78 is 16.8. The zero-order chi connectivity index (χ0) is 15.9. The molecule has 0 radical (unpaired) electrons. The summed E-state index contributed by atoms with van der Waals surface area (Å²) >= 11 is 3.50. The molecule has 1 unspecified atom stereocenters. The molecule has 2 N–H and O–H groups in total. The summed E-state index contributed by atoms with van der Waals surface area (Å²) in [6.45, 7) is 6.32. The van der Waals surface area contributed by atoms with Crippen LogP contribution in [0.15, 0.2) is 21.6 Å². The molecule has 8 heteroatoms. The van der Waals surface area contributed by atoms with Crippen LogP contribution in [-0.2, 0) is 11.3 Å². The molecule has 6 nitrogen and oxygen atoms in total. The van der Waals surface area contributed by atoms with Crippen molar-refractivity contribution in [3.8, 4) is 11.5 Å². The Balaban J connectivity index is 0.00000264. The normalized spacial score (nSPS) is 14.2. The van der Waals surface area contributed by atoms with Crippen molar-refractivity contribution in [3.05, 3.63) is 22.2 Å². The van der Waals surface area contributed by atoms with Crippen LogP contribution in [0.5, 0.6) is 11.5 Å². The van der Waals surface area contributed by atoms with Gasteiger partial charge in [-0.1, -0.05) is 0 Å². The second-order valence-corrected chi connectivity index (χ2v) is 5.86. The number of methoxy groups -OCH3 is 1. The second-order valence-electron chi connectivity index (χ2n) is 5.01. The summed E-state index contributed by atoms with van der Waals surface area (Å²) in [5, 5.41) is 6.53. The lowest BCUT2D eigenvalue weighted by Gasteiger charge is -2.17. The highest BCUT2D eigenvalue weighted by molar-refractivity contribution is 14.0. The largest absolute Gasteiger partial charge is 0.454 e. The van der Waals surface area contributed by atoms with E-state index in [0.29, 0.717) is 13.2 Å². The number of benzene rings is 1. The Morgan fingerprint density at radius 3 is 2.91 bits per heavy atom. The third-order valence-corrected chi connectivity index (χ3v) is 3.64. The van der Waals surface area contributed by atoms with Gasteiger partial charge in [0.15, 0.2) is 17.5 Å². The smallest absolute Gasteiger partial charge is 0.231 e. The number of fused-ring (bicyclic) bond motifs is 1. The van der Waals surface area contributed by atoms with E-state index in [2.05, 4.69) is 31.6 Å². The lowest BCUT2D eigenvalue weighted by molar-refractivity contribution is 0.173. The first-order valence-electron chi connectivity index (χ1n) is 7.25. The summed E-state index contributed by atoms with van der Waals surface area (Å²) in [6, 6.07) is 4.14. The maximum absolute atomic E-state index is 5.42. The molecule has 130 valence electrons. The second kappa shape index (κ2) is 10.2. The average Bonchev–Trinajstić information content (AvgIpc) is 2.94. The zero-order valence-electron chi connectivity index (χ0n) is 13.5. The van der Waals surface area contributed by atoms with Crippen LogP contribution in [0.2, 0.25) is 0 Å². The van der Waals surface area contributed by atoms with Crippen LogP contribution in [0.1, 0.15) is 19.4 Å². The van der Waals surface area contributed by atoms with Gasteiger partial charge >= 0.3 is 0 Å². The highest BCUT2D eigenvalue weighted by atomic mass is 127. The molecule has 1 aliphatic heterocycles. The molecule has 0 aromatic heterocycles. The fraction of sp³-hybridized carbons (Fsp3) is 0.533. The molecule has 1 aliphatic rings. The number of ether oxygens (including phenoxy) is 3. The van der Waals surface area contributed by atoms with Crippen molar-refractivity contribution >= 4 is 45.9 Å². The van der Waals surface area contributed by atoms with Gasteiger partial charge in [0.05, 0.1) is 17.6 Å². The molecule has 0 bridgehead atoms. The van der Waals surface area contributed by atoms with Gasteiger partial charge in [-0.05, 0) is 47.5 Å². The molecular weight excluding hydrogens is 477 g/mol. The average molecular weight is 500 g/mol. The monoisotopic (exact) mass is 499 g/mol. The molecule has 2 rings (SSSR count). The van der Waals surface area contributed by atoms with Gasteiger partial charge in [0, 0.05) is 19.7 Å². The fourth-order valence-corrected chi connectivity index (χ4v) is 2.73. The molecule has 1 atom stereocenters. The third kappa shape index (κ3) is 6.00. The molecule has 0 aliphatic carbocycles. The molecule has 1 aromatic carbocycles. The van der Waals surface area contributed by atoms with E-state index in [4.69, 9.17) is 14.2 Å². The van der Waals surface area contributed by atoms with E-state index in [9.17, 15) is 0 Å². The maximum Gasteiger partial charge on any atom is 0.231 e. The van der Waals surface area contributed by atoms with E-state index in [0.717, 1.165) is 34.0 Å². The molecule has 1 aromatic rings. The molecule has 23 heavy (non-hydrogen) atoms. The summed E-state index contributed by atoms with van der Waals surface area (Å²) in [6.07, 6.45) is 0. The van der Waals surface area contributed by atoms with Gasteiger partial charge in [0.25, 0.3) is 0 Å². The van der Waals surface area contributed by atoms with E-state index in [1.54, 1.807) is 7.11 Å². The van der Waals surface area contributed by atoms with Crippen LogP contribution >= 0.6 is 39.9 Å².